The van der Waals surface area contributed by atoms with Gasteiger partial charge in [0.1, 0.15) is 17.7 Å². The number of aliphatic carboxylic acids is 1. The Morgan fingerprint density at radius 2 is 2.00 bits per heavy atom. The normalized spacial score (nSPS) is 12.0. The standard InChI is InChI=1S/C17H21FN4O3/c1-3-4-14(17(24)25)19-10-16(23)20-15-9-11(2)21-22(15)13-7-5-12(18)6-8-13/h5-9,14,19H,3-4,10H2,1-2H3,(H,20,23)(H,24,25). The molecule has 8 heteroatoms. The van der Waals surface area contributed by atoms with Gasteiger partial charge in [0.2, 0.25) is 5.91 Å². The number of carbonyl (C=O) groups excluding carboxylic acids is 1. The Hall–Kier alpha value is -2.74. The summed E-state index contributed by atoms with van der Waals surface area (Å²) in [4.78, 5) is 23.2. The van der Waals surface area contributed by atoms with E-state index in [9.17, 15) is 14.0 Å². The quantitative estimate of drug-likeness (QED) is 0.679. The van der Waals surface area contributed by atoms with E-state index >= 15 is 0 Å². The molecule has 1 atom stereocenters. The molecule has 1 aromatic heterocycles. The number of carboxylic acids is 1. The molecule has 0 aliphatic carbocycles. The molecule has 0 bridgehead atoms. The highest BCUT2D eigenvalue weighted by atomic mass is 19.1. The minimum absolute atomic E-state index is 0.134. The highest BCUT2D eigenvalue weighted by molar-refractivity contribution is 5.92. The van der Waals surface area contributed by atoms with Crippen LogP contribution in [-0.4, -0.2) is 39.4 Å². The number of carboxylic acid groups (broad SMARTS) is 1. The van der Waals surface area contributed by atoms with Gasteiger partial charge < -0.3 is 10.4 Å². The van der Waals surface area contributed by atoms with Crippen LogP contribution in [0.2, 0.25) is 0 Å². The number of aryl methyl sites for hydroxylation is 1. The van der Waals surface area contributed by atoms with Crippen LogP contribution in [0, 0.1) is 12.7 Å². The fourth-order valence-corrected chi connectivity index (χ4v) is 2.37. The molecular formula is C17H21FN4O3. The molecule has 1 amide bonds. The molecule has 0 saturated heterocycles. The zero-order valence-electron chi connectivity index (χ0n) is 14.1. The minimum Gasteiger partial charge on any atom is -0.480 e. The van der Waals surface area contributed by atoms with Gasteiger partial charge in [-0.3, -0.25) is 14.9 Å². The lowest BCUT2D eigenvalue weighted by atomic mass is 10.2. The summed E-state index contributed by atoms with van der Waals surface area (Å²) < 4.78 is 14.6. The Bertz CT molecular complexity index is 743. The number of carbonyl (C=O) groups is 2. The van der Waals surface area contributed by atoms with Gasteiger partial charge in [0.25, 0.3) is 0 Å². The number of halogens is 1. The van der Waals surface area contributed by atoms with Crippen LogP contribution in [-0.2, 0) is 9.59 Å². The highest BCUT2D eigenvalue weighted by Crippen LogP contribution is 2.17. The molecular weight excluding hydrogens is 327 g/mol. The third-order valence-electron chi connectivity index (χ3n) is 3.55. The van der Waals surface area contributed by atoms with Crippen LogP contribution in [0.25, 0.3) is 5.69 Å². The maximum atomic E-state index is 13.1. The van der Waals surface area contributed by atoms with E-state index in [0.29, 0.717) is 30.0 Å². The first kappa shape index (κ1) is 18.6. The van der Waals surface area contributed by atoms with Gasteiger partial charge in [-0.25, -0.2) is 9.07 Å². The van der Waals surface area contributed by atoms with Gasteiger partial charge in [0.05, 0.1) is 17.9 Å². The molecule has 0 fully saturated rings. The third kappa shape index (κ3) is 5.12. The van der Waals surface area contributed by atoms with Crippen molar-refractivity contribution in [2.45, 2.75) is 32.7 Å². The molecule has 0 aliphatic heterocycles. The molecule has 25 heavy (non-hydrogen) atoms. The number of benzene rings is 1. The lowest BCUT2D eigenvalue weighted by molar-refractivity contribution is -0.139. The van der Waals surface area contributed by atoms with Crippen molar-refractivity contribution in [3.63, 3.8) is 0 Å². The molecule has 0 spiro atoms. The van der Waals surface area contributed by atoms with Gasteiger partial charge in [-0.1, -0.05) is 13.3 Å². The van der Waals surface area contributed by atoms with E-state index < -0.39 is 12.0 Å². The topological polar surface area (TPSA) is 96.3 Å². The SMILES string of the molecule is CCCC(NCC(=O)Nc1cc(C)nn1-c1ccc(F)cc1)C(=O)O. The number of rotatable bonds is 8. The van der Waals surface area contributed by atoms with Crippen molar-refractivity contribution >= 4 is 17.7 Å². The molecule has 1 heterocycles. The van der Waals surface area contributed by atoms with Gasteiger partial charge in [-0.05, 0) is 37.6 Å². The van der Waals surface area contributed by atoms with Crippen LogP contribution >= 0.6 is 0 Å². The first-order chi connectivity index (χ1) is 11.9. The second-order valence-corrected chi connectivity index (χ2v) is 5.67. The van der Waals surface area contributed by atoms with E-state index in [2.05, 4.69) is 15.7 Å². The number of hydrogen-bond donors (Lipinski definition) is 3. The number of nitrogens with zero attached hydrogens (tertiary/aromatic N) is 2. The van der Waals surface area contributed by atoms with E-state index in [0.717, 1.165) is 0 Å². The molecule has 134 valence electrons. The molecule has 1 aromatic carbocycles. The summed E-state index contributed by atoms with van der Waals surface area (Å²) in [6.07, 6.45) is 1.14. The zero-order valence-corrected chi connectivity index (χ0v) is 14.1. The Balaban J connectivity index is 2.06. The fraction of sp³-hybridized carbons (Fsp3) is 0.353. The summed E-state index contributed by atoms with van der Waals surface area (Å²) in [7, 11) is 0. The van der Waals surface area contributed by atoms with Crippen LogP contribution < -0.4 is 10.6 Å². The van der Waals surface area contributed by atoms with Crippen molar-refractivity contribution in [3.8, 4) is 5.69 Å². The van der Waals surface area contributed by atoms with Crippen LogP contribution in [0.4, 0.5) is 10.2 Å². The predicted molar refractivity (Wildman–Crippen MR) is 91.2 cm³/mol. The van der Waals surface area contributed by atoms with Crippen LogP contribution in [0.1, 0.15) is 25.5 Å². The van der Waals surface area contributed by atoms with Crippen molar-refractivity contribution in [1.29, 1.82) is 0 Å². The second-order valence-electron chi connectivity index (χ2n) is 5.67. The molecule has 3 N–H and O–H groups in total. The van der Waals surface area contributed by atoms with E-state index in [4.69, 9.17) is 5.11 Å². The van der Waals surface area contributed by atoms with Gasteiger partial charge in [0.15, 0.2) is 0 Å². The van der Waals surface area contributed by atoms with Gasteiger partial charge in [-0.15, -0.1) is 0 Å². The first-order valence-electron chi connectivity index (χ1n) is 7.99. The van der Waals surface area contributed by atoms with Crippen molar-refractivity contribution < 1.29 is 19.1 Å². The fourth-order valence-electron chi connectivity index (χ4n) is 2.37. The summed E-state index contributed by atoms with van der Waals surface area (Å²) >= 11 is 0. The first-order valence-corrected chi connectivity index (χ1v) is 7.99. The lowest BCUT2D eigenvalue weighted by Gasteiger charge is -2.14. The molecule has 0 aliphatic rings. The van der Waals surface area contributed by atoms with Gasteiger partial charge in [0, 0.05) is 6.07 Å². The summed E-state index contributed by atoms with van der Waals surface area (Å²) in [5.74, 6) is -1.30. The van der Waals surface area contributed by atoms with E-state index in [-0.39, 0.29) is 18.3 Å². The molecule has 2 rings (SSSR count). The largest absolute Gasteiger partial charge is 0.480 e. The highest BCUT2D eigenvalue weighted by Gasteiger charge is 2.17. The van der Waals surface area contributed by atoms with E-state index in [1.165, 1.54) is 16.8 Å². The number of hydrogen-bond acceptors (Lipinski definition) is 4. The Kier molecular flexibility index (Phi) is 6.24. The molecule has 0 saturated carbocycles. The van der Waals surface area contributed by atoms with E-state index in [1.807, 2.05) is 6.92 Å². The van der Waals surface area contributed by atoms with Crippen molar-refractivity contribution in [2.24, 2.45) is 0 Å². The minimum atomic E-state index is -0.984. The van der Waals surface area contributed by atoms with Crippen molar-refractivity contribution in [2.75, 3.05) is 11.9 Å². The van der Waals surface area contributed by atoms with E-state index in [1.54, 1.807) is 25.1 Å². The Morgan fingerprint density at radius 3 is 2.60 bits per heavy atom. The smallest absolute Gasteiger partial charge is 0.320 e. The predicted octanol–water partition coefficient (Wildman–Crippen LogP) is 2.10. The average molecular weight is 348 g/mol. The van der Waals surface area contributed by atoms with Crippen LogP contribution in [0.15, 0.2) is 30.3 Å². The summed E-state index contributed by atoms with van der Waals surface area (Å²) in [5, 5.41) is 18.8. The average Bonchev–Trinajstić information content (AvgIpc) is 2.92. The van der Waals surface area contributed by atoms with Crippen molar-refractivity contribution in [1.82, 2.24) is 15.1 Å². The molecule has 1 unspecified atom stereocenters. The van der Waals surface area contributed by atoms with Gasteiger partial charge >= 0.3 is 5.97 Å². The monoisotopic (exact) mass is 348 g/mol. The zero-order chi connectivity index (χ0) is 18.4. The summed E-state index contributed by atoms with van der Waals surface area (Å²) in [5.41, 5.74) is 1.29. The maximum absolute atomic E-state index is 13.1. The summed E-state index contributed by atoms with van der Waals surface area (Å²) in [6, 6.07) is 6.64. The maximum Gasteiger partial charge on any atom is 0.320 e. The lowest BCUT2D eigenvalue weighted by Crippen LogP contribution is -2.41. The third-order valence-corrected chi connectivity index (χ3v) is 3.55. The van der Waals surface area contributed by atoms with Gasteiger partial charge in [-0.2, -0.15) is 5.10 Å². The molecule has 0 radical (unpaired) electrons. The van der Waals surface area contributed by atoms with Crippen molar-refractivity contribution in [3.05, 3.63) is 41.8 Å². The Morgan fingerprint density at radius 1 is 1.32 bits per heavy atom. The van der Waals surface area contributed by atoms with Crippen LogP contribution in [0.5, 0.6) is 0 Å². The number of amides is 1. The Labute approximate surface area is 144 Å². The number of anilines is 1. The molecule has 2 aromatic rings. The summed E-state index contributed by atoms with van der Waals surface area (Å²) in [6.45, 7) is 3.52. The molecule has 7 nitrogen and oxygen atoms in total. The number of aromatic nitrogens is 2. The number of nitrogens with one attached hydrogen (secondary N) is 2. The second kappa shape index (κ2) is 8.39. The van der Waals surface area contributed by atoms with Crippen LogP contribution in [0.3, 0.4) is 0 Å².